The van der Waals surface area contributed by atoms with E-state index < -0.39 is 6.10 Å². The molecule has 1 N–H and O–H groups in total. The lowest BCUT2D eigenvalue weighted by molar-refractivity contribution is 0.195. The number of unbranched alkanes of at least 4 members (excludes halogenated alkanes) is 2. The zero-order valence-electron chi connectivity index (χ0n) is 10.2. The second-order valence-electron chi connectivity index (χ2n) is 3.98. The van der Waals surface area contributed by atoms with Gasteiger partial charge in [0.2, 0.25) is 6.54 Å². The van der Waals surface area contributed by atoms with E-state index in [1.165, 1.54) is 12.8 Å². The molecule has 17 heavy (non-hydrogen) atoms. The van der Waals surface area contributed by atoms with E-state index in [0.717, 1.165) is 24.3 Å². The maximum Gasteiger partial charge on any atom is 0.244 e. The molecule has 0 spiro atoms. The monoisotopic (exact) mass is 233 g/mol. The van der Waals surface area contributed by atoms with Gasteiger partial charge in [0.05, 0.1) is 6.61 Å². The van der Waals surface area contributed by atoms with Gasteiger partial charge in [0, 0.05) is 0 Å². The molecular weight excluding hydrogens is 214 g/mol. The Morgan fingerprint density at radius 1 is 1.29 bits per heavy atom. The molecule has 1 unspecified atom stereocenters. The van der Waals surface area contributed by atoms with Crippen LogP contribution < -0.4 is 4.74 Å². The van der Waals surface area contributed by atoms with E-state index in [1.807, 2.05) is 24.3 Å². The van der Waals surface area contributed by atoms with Crippen molar-refractivity contribution < 1.29 is 9.84 Å². The summed E-state index contributed by atoms with van der Waals surface area (Å²) in [5.41, 5.74) is 0.766. The molecule has 0 saturated heterocycles. The summed E-state index contributed by atoms with van der Waals surface area (Å²) in [6.07, 6.45) is 2.74. The Kier molecular flexibility index (Phi) is 6.13. The molecule has 1 rings (SSSR count). The Balaban J connectivity index is 2.42. The van der Waals surface area contributed by atoms with Gasteiger partial charge in [-0.05, 0) is 24.1 Å². The Morgan fingerprint density at radius 2 is 2.00 bits per heavy atom. The Labute approximate surface area is 103 Å². The van der Waals surface area contributed by atoms with Gasteiger partial charge in [0.1, 0.15) is 5.75 Å². The highest BCUT2D eigenvalue weighted by molar-refractivity contribution is 5.28. The van der Waals surface area contributed by atoms with Crippen molar-refractivity contribution in [3.8, 4) is 5.75 Å². The molecule has 0 aliphatic heterocycles. The topological polar surface area (TPSA) is 33.8 Å². The number of ether oxygens (including phenoxy) is 1. The van der Waals surface area contributed by atoms with E-state index in [-0.39, 0.29) is 6.54 Å². The SMILES string of the molecule is [C-]#[N+]CC(O)c1ccc(OCCCCC)cc1. The van der Waals surface area contributed by atoms with Crippen LogP contribution in [0, 0.1) is 6.57 Å². The summed E-state index contributed by atoms with van der Waals surface area (Å²) < 4.78 is 5.56. The number of aliphatic hydroxyl groups excluding tert-OH is 1. The third-order valence-electron chi connectivity index (χ3n) is 2.55. The average Bonchev–Trinajstić information content (AvgIpc) is 2.36. The van der Waals surface area contributed by atoms with E-state index in [9.17, 15) is 5.11 Å². The van der Waals surface area contributed by atoms with E-state index in [2.05, 4.69) is 11.8 Å². The first-order valence-electron chi connectivity index (χ1n) is 6.02. The molecule has 0 radical (unpaired) electrons. The fourth-order valence-corrected chi connectivity index (χ4v) is 1.52. The van der Waals surface area contributed by atoms with Crippen LogP contribution in [0.15, 0.2) is 24.3 Å². The molecule has 0 fully saturated rings. The predicted molar refractivity (Wildman–Crippen MR) is 67.9 cm³/mol. The van der Waals surface area contributed by atoms with Crippen molar-refractivity contribution in [1.82, 2.24) is 0 Å². The minimum atomic E-state index is -0.693. The highest BCUT2D eigenvalue weighted by Gasteiger charge is 2.09. The fraction of sp³-hybridized carbons (Fsp3) is 0.500. The summed E-state index contributed by atoms with van der Waals surface area (Å²) in [4.78, 5) is 3.17. The minimum Gasteiger partial charge on any atom is -0.494 e. The molecule has 3 heteroatoms. The molecule has 0 aromatic heterocycles. The lowest BCUT2D eigenvalue weighted by Crippen LogP contribution is -2.01. The smallest absolute Gasteiger partial charge is 0.244 e. The third-order valence-corrected chi connectivity index (χ3v) is 2.55. The molecule has 1 atom stereocenters. The number of rotatable bonds is 7. The third kappa shape index (κ3) is 4.88. The number of hydrogen-bond acceptors (Lipinski definition) is 2. The van der Waals surface area contributed by atoms with Crippen molar-refractivity contribution in [1.29, 1.82) is 0 Å². The van der Waals surface area contributed by atoms with Gasteiger partial charge in [-0.3, -0.25) is 0 Å². The summed E-state index contributed by atoms with van der Waals surface area (Å²) in [5.74, 6) is 0.819. The Morgan fingerprint density at radius 3 is 2.59 bits per heavy atom. The van der Waals surface area contributed by atoms with Crippen molar-refractivity contribution in [2.24, 2.45) is 0 Å². The van der Waals surface area contributed by atoms with E-state index in [0.29, 0.717) is 0 Å². The van der Waals surface area contributed by atoms with E-state index >= 15 is 0 Å². The van der Waals surface area contributed by atoms with Crippen molar-refractivity contribution in [2.75, 3.05) is 13.2 Å². The minimum absolute atomic E-state index is 0.108. The van der Waals surface area contributed by atoms with Crippen LogP contribution in [0.3, 0.4) is 0 Å². The number of nitrogens with zero attached hydrogens (tertiary/aromatic N) is 1. The fourth-order valence-electron chi connectivity index (χ4n) is 1.52. The summed E-state index contributed by atoms with van der Waals surface area (Å²) in [6.45, 7) is 9.70. The highest BCUT2D eigenvalue weighted by atomic mass is 16.5. The summed E-state index contributed by atoms with van der Waals surface area (Å²) in [5, 5.41) is 9.60. The molecule has 0 aliphatic rings. The van der Waals surface area contributed by atoms with Gasteiger partial charge in [0.15, 0.2) is 6.10 Å². The van der Waals surface area contributed by atoms with Crippen LogP contribution in [0.2, 0.25) is 0 Å². The molecule has 0 bridgehead atoms. The predicted octanol–water partition coefficient (Wildman–Crippen LogP) is 3.21. The van der Waals surface area contributed by atoms with Gasteiger partial charge in [-0.25, -0.2) is 6.57 Å². The van der Waals surface area contributed by atoms with Crippen molar-refractivity contribution in [3.63, 3.8) is 0 Å². The summed E-state index contributed by atoms with van der Waals surface area (Å²) in [6, 6.07) is 7.30. The maximum absolute atomic E-state index is 9.60. The van der Waals surface area contributed by atoms with Crippen LogP contribution in [0.5, 0.6) is 5.75 Å². The molecule has 0 heterocycles. The molecule has 3 nitrogen and oxygen atoms in total. The highest BCUT2D eigenvalue weighted by Crippen LogP contribution is 2.18. The number of aliphatic hydroxyl groups is 1. The summed E-state index contributed by atoms with van der Waals surface area (Å²) in [7, 11) is 0. The van der Waals surface area contributed by atoms with Crippen molar-refractivity contribution in [3.05, 3.63) is 41.2 Å². The quantitative estimate of drug-likeness (QED) is 0.579. The normalized spacial score (nSPS) is 11.8. The second kappa shape index (κ2) is 7.70. The van der Waals surface area contributed by atoms with Gasteiger partial charge in [-0.2, -0.15) is 0 Å². The Bertz CT molecular complexity index is 353. The van der Waals surface area contributed by atoms with Gasteiger partial charge < -0.3 is 14.7 Å². The van der Waals surface area contributed by atoms with E-state index in [4.69, 9.17) is 11.3 Å². The lowest BCUT2D eigenvalue weighted by Gasteiger charge is -2.08. The average molecular weight is 233 g/mol. The van der Waals surface area contributed by atoms with Crippen LogP contribution in [-0.2, 0) is 0 Å². The van der Waals surface area contributed by atoms with Crippen molar-refractivity contribution >= 4 is 0 Å². The molecule has 0 saturated carbocycles. The molecule has 92 valence electrons. The van der Waals surface area contributed by atoms with Crippen LogP contribution in [0.1, 0.15) is 37.9 Å². The van der Waals surface area contributed by atoms with Gasteiger partial charge in [0.25, 0.3) is 0 Å². The molecule has 1 aromatic rings. The van der Waals surface area contributed by atoms with Crippen LogP contribution in [0.25, 0.3) is 4.85 Å². The largest absolute Gasteiger partial charge is 0.494 e. The summed E-state index contributed by atoms with van der Waals surface area (Å²) >= 11 is 0. The first-order valence-corrected chi connectivity index (χ1v) is 6.02. The van der Waals surface area contributed by atoms with Gasteiger partial charge in [-0.15, -0.1) is 0 Å². The maximum atomic E-state index is 9.60. The zero-order valence-corrected chi connectivity index (χ0v) is 10.2. The van der Waals surface area contributed by atoms with Crippen LogP contribution in [0.4, 0.5) is 0 Å². The molecule has 0 aliphatic carbocycles. The van der Waals surface area contributed by atoms with Gasteiger partial charge in [-0.1, -0.05) is 31.9 Å². The van der Waals surface area contributed by atoms with E-state index in [1.54, 1.807) is 0 Å². The molecule has 1 aromatic carbocycles. The van der Waals surface area contributed by atoms with Crippen molar-refractivity contribution in [2.45, 2.75) is 32.3 Å². The van der Waals surface area contributed by atoms with Crippen LogP contribution in [-0.4, -0.2) is 18.3 Å². The zero-order chi connectivity index (χ0) is 12.5. The number of hydrogen-bond donors (Lipinski definition) is 1. The second-order valence-corrected chi connectivity index (χ2v) is 3.98. The molecule has 0 amide bonds. The van der Waals surface area contributed by atoms with Gasteiger partial charge >= 0.3 is 0 Å². The molecular formula is C14H19NO2. The number of benzene rings is 1. The Hall–Kier alpha value is -1.53. The first-order chi connectivity index (χ1) is 8.27. The van der Waals surface area contributed by atoms with Crippen LogP contribution >= 0.6 is 0 Å². The lowest BCUT2D eigenvalue weighted by atomic mass is 10.1. The standard InChI is InChI=1S/C14H19NO2/c1-3-4-5-10-17-13-8-6-12(7-9-13)14(16)11-15-2/h6-9,14,16H,3-5,10-11H2,1H3. The first kappa shape index (κ1) is 13.5.